The molecular weight excluding hydrogens is 288 g/mol. The third-order valence-electron chi connectivity index (χ3n) is 4.27. The average Bonchev–Trinajstić information content (AvgIpc) is 3.19. The third kappa shape index (κ3) is 2.58. The number of carbonyl (C=O) groups excluding carboxylic acids is 1. The van der Waals surface area contributed by atoms with Crippen LogP contribution in [0.1, 0.15) is 54.9 Å². The molecule has 0 atom stereocenters. The Labute approximate surface area is 127 Å². The first-order valence-corrected chi connectivity index (χ1v) is 7.39. The Morgan fingerprint density at radius 2 is 2.09 bits per heavy atom. The maximum absolute atomic E-state index is 13.1. The number of aryl methyl sites for hydroxylation is 1. The number of nitrogens with one attached hydrogen (secondary N) is 1. The molecule has 0 radical (unpaired) electrons. The van der Waals surface area contributed by atoms with Crippen molar-refractivity contribution >= 4 is 11.6 Å². The molecular formula is C16H19F2N3O. The molecule has 1 N–H and O–H groups in total. The van der Waals surface area contributed by atoms with Crippen molar-refractivity contribution in [2.45, 2.75) is 45.6 Å². The summed E-state index contributed by atoms with van der Waals surface area (Å²) in [5.74, 6) is 0.211. The van der Waals surface area contributed by atoms with Crippen LogP contribution in [-0.4, -0.2) is 20.8 Å². The van der Waals surface area contributed by atoms with Crippen LogP contribution in [0.15, 0.2) is 18.3 Å². The van der Waals surface area contributed by atoms with Gasteiger partial charge in [0.25, 0.3) is 12.3 Å². The van der Waals surface area contributed by atoms with Gasteiger partial charge in [0.05, 0.1) is 17.0 Å². The number of nitrogens with zero attached hydrogens (tertiary/aromatic N) is 2. The smallest absolute Gasteiger partial charge is 0.278 e. The van der Waals surface area contributed by atoms with Gasteiger partial charge >= 0.3 is 0 Å². The Kier molecular flexibility index (Phi) is 3.42. The molecule has 0 aliphatic heterocycles. The number of rotatable bonds is 4. The summed E-state index contributed by atoms with van der Waals surface area (Å²) in [5.41, 5.74) is 0.750. The van der Waals surface area contributed by atoms with Crippen LogP contribution < -0.4 is 5.32 Å². The predicted octanol–water partition coefficient (Wildman–Crippen LogP) is 3.50. The molecule has 1 amide bonds. The highest BCUT2D eigenvalue weighted by atomic mass is 19.3. The molecule has 118 valence electrons. The van der Waals surface area contributed by atoms with Gasteiger partial charge in [-0.05, 0) is 51.7 Å². The summed E-state index contributed by atoms with van der Waals surface area (Å²) in [4.78, 5) is 16.8. The summed E-state index contributed by atoms with van der Waals surface area (Å²) in [7, 11) is 0. The Balaban J connectivity index is 2.00. The monoisotopic (exact) mass is 307 g/mol. The second kappa shape index (κ2) is 5.04. The summed E-state index contributed by atoms with van der Waals surface area (Å²) in [6.45, 7) is 5.70. The molecule has 0 bridgehead atoms. The number of hydrogen-bond donors (Lipinski definition) is 1. The van der Waals surface area contributed by atoms with Crippen LogP contribution in [0.3, 0.4) is 0 Å². The molecule has 1 aliphatic carbocycles. The molecule has 1 fully saturated rings. The van der Waals surface area contributed by atoms with Gasteiger partial charge in [0, 0.05) is 11.7 Å². The van der Waals surface area contributed by atoms with E-state index in [1.54, 1.807) is 6.92 Å². The number of alkyl halides is 2. The SMILES string of the molecule is Cc1cn2c(C(F)F)ccc(C(=O)NC(C)(C)C3CC3)c2n1. The maximum atomic E-state index is 13.1. The van der Waals surface area contributed by atoms with Gasteiger partial charge in [-0.1, -0.05) is 0 Å². The third-order valence-corrected chi connectivity index (χ3v) is 4.27. The molecule has 2 heterocycles. The second-order valence-corrected chi connectivity index (χ2v) is 6.50. The van der Waals surface area contributed by atoms with Crippen LogP contribution in [0.2, 0.25) is 0 Å². The van der Waals surface area contributed by atoms with E-state index in [1.807, 2.05) is 13.8 Å². The second-order valence-electron chi connectivity index (χ2n) is 6.50. The zero-order valence-electron chi connectivity index (χ0n) is 12.9. The minimum Gasteiger partial charge on any atom is -0.347 e. The molecule has 1 saturated carbocycles. The van der Waals surface area contributed by atoms with Crippen LogP contribution >= 0.6 is 0 Å². The van der Waals surface area contributed by atoms with Gasteiger partial charge in [-0.2, -0.15) is 0 Å². The van der Waals surface area contributed by atoms with E-state index in [0.717, 1.165) is 12.8 Å². The van der Waals surface area contributed by atoms with Crippen molar-refractivity contribution in [2.24, 2.45) is 5.92 Å². The minimum absolute atomic E-state index is 0.159. The number of aromatic nitrogens is 2. The number of carbonyl (C=O) groups is 1. The summed E-state index contributed by atoms with van der Waals surface area (Å²) >= 11 is 0. The molecule has 3 rings (SSSR count). The summed E-state index contributed by atoms with van der Waals surface area (Å²) < 4.78 is 27.5. The molecule has 6 heteroatoms. The summed E-state index contributed by atoms with van der Waals surface area (Å²) in [5, 5.41) is 3.00. The van der Waals surface area contributed by atoms with Gasteiger partial charge in [0.1, 0.15) is 5.65 Å². The first kappa shape index (κ1) is 14.9. The van der Waals surface area contributed by atoms with Crippen molar-refractivity contribution in [2.75, 3.05) is 0 Å². The molecule has 4 nitrogen and oxygen atoms in total. The Morgan fingerprint density at radius 1 is 1.41 bits per heavy atom. The van der Waals surface area contributed by atoms with Crippen LogP contribution in [0.5, 0.6) is 0 Å². The summed E-state index contributed by atoms with van der Waals surface area (Å²) in [6.07, 6.45) is 1.13. The number of amides is 1. The predicted molar refractivity (Wildman–Crippen MR) is 79.2 cm³/mol. The van der Waals surface area contributed by atoms with Crippen molar-refractivity contribution in [3.05, 3.63) is 35.3 Å². The van der Waals surface area contributed by atoms with E-state index < -0.39 is 6.43 Å². The quantitative estimate of drug-likeness (QED) is 0.939. The lowest BCUT2D eigenvalue weighted by molar-refractivity contribution is 0.0903. The van der Waals surface area contributed by atoms with E-state index in [9.17, 15) is 13.6 Å². The van der Waals surface area contributed by atoms with E-state index in [2.05, 4.69) is 10.3 Å². The normalized spacial score (nSPS) is 15.5. The molecule has 0 unspecified atom stereocenters. The Bertz CT molecular complexity index is 732. The van der Waals surface area contributed by atoms with Crippen molar-refractivity contribution in [1.29, 1.82) is 0 Å². The van der Waals surface area contributed by atoms with Crippen LogP contribution in [0, 0.1) is 12.8 Å². The summed E-state index contributed by atoms with van der Waals surface area (Å²) in [6, 6.07) is 2.72. The zero-order chi connectivity index (χ0) is 16.1. The topological polar surface area (TPSA) is 46.4 Å². The van der Waals surface area contributed by atoms with E-state index in [0.29, 0.717) is 17.2 Å². The van der Waals surface area contributed by atoms with Gasteiger partial charge in [-0.3, -0.25) is 9.20 Å². The largest absolute Gasteiger partial charge is 0.347 e. The highest BCUT2D eigenvalue weighted by molar-refractivity contribution is 6.00. The number of imidazole rings is 1. The van der Waals surface area contributed by atoms with Gasteiger partial charge in [0.2, 0.25) is 0 Å². The molecule has 2 aromatic heterocycles. The fourth-order valence-corrected chi connectivity index (χ4v) is 2.83. The Morgan fingerprint density at radius 3 is 2.68 bits per heavy atom. The highest BCUT2D eigenvalue weighted by Crippen LogP contribution is 2.39. The Hall–Kier alpha value is -1.98. The molecule has 0 spiro atoms. The van der Waals surface area contributed by atoms with Gasteiger partial charge in [-0.25, -0.2) is 13.8 Å². The lowest BCUT2D eigenvalue weighted by Crippen LogP contribution is -2.45. The first-order chi connectivity index (χ1) is 10.3. The zero-order valence-corrected chi connectivity index (χ0v) is 12.9. The van der Waals surface area contributed by atoms with Crippen molar-refractivity contribution in [3.8, 4) is 0 Å². The lowest BCUT2D eigenvalue weighted by Gasteiger charge is -2.26. The molecule has 0 aromatic carbocycles. The van der Waals surface area contributed by atoms with Crippen LogP contribution in [-0.2, 0) is 0 Å². The van der Waals surface area contributed by atoms with Crippen molar-refractivity contribution < 1.29 is 13.6 Å². The number of pyridine rings is 1. The van der Waals surface area contributed by atoms with Crippen molar-refractivity contribution in [1.82, 2.24) is 14.7 Å². The van der Waals surface area contributed by atoms with Gasteiger partial charge in [0.15, 0.2) is 0 Å². The molecule has 0 saturated heterocycles. The van der Waals surface area contributed by atoms with Crippen LogP contribution in [0.25, 0.3) is 5.65 Å². The van der Waals surface area contributed by atoms with E-state index in [4.69, 9.17) is 0 Å². The fraction of sp³-hybridized carbons (Fsp3) is 0.500. The van der Waals surface area contributed by atoms with E-state index in [1.165, 1.54) is 22.7 Å². The highest BCUT2D eigenvalue weighted by Gasteiger charge is 2.39. The van der Waals surface area contributed by atoms with E-state index in [-0.39, 0.29) is 22.8 Å². The number of hydrogen-bond acceptors (Lipinski definition) is 2. The lowest BCUT2D eigenvalue weighted by atomic mass is 9.98. The number of halogens is 2. The standard InChI is InChI=1S/C16H19F2N3O/c1-9-8-21-12(13(17)18)7-6-11(14(21)19-9)15(22)20-16(2,3)10-4-5-10/h6-8,10,13H,4-5H2,1-3H3,(H,20,22). The van der Waals surface area contributed by atoms with E-state index >= 15 is 0 Å². The number of fused-ring (bicyclic) bond motifs is 1. The maximum Gasteiger partial charge on any atom is 0.278 e. The fourth-order valence-electron chi connectivity index (χ4n) is 2.83. The van der Waals surface area contributed by atoms with Crippen molar-refractivity contribution in [3.63, 3.8) is 0 Å². The van der Waals surface area contributed by atoms with Crippen LogP contribution in [0.4, 0.5) is 8.78 Å². The molecule has 1 aliphatic rings. The van der Waals surface area contributed by atoms with Gasteiger partial charge in [-0.15, -0.1) is 0 Å². The first-order valence-electron chi connectivity index (χ1n) is 7.39. The minimum atomic E-state index is -2.61. The average molecular weight is 307 g/mol. The van der Waals surface area contributed by atoms with Gasteiger partial charge < -0.3 is 5.32 Å². The molecule has 2 aromatic rings. The molecule has 22 heavy (non-hydrogen) atoms.